The van der Waals surface area contributed by atoms with Crippen molar-refractivity contribution in [3.8, 4) is 0 Å². The molecule has 0 saturated heterocycles. The Labute approximate surface area is 136 Å². The number of hydrogen-bond acceptors (Lipinski definition) is 2. The van der Waals surface area contributed by atoms with Gasteiger partial charge in [-0.3, -0.25) is 9.59 Å². The van der Waals surface area contributed by atoms with Gasteiger partial charge >= 0.3 is 0 Å². The molecular formula is C19H20N2O2. The highest BCUT2D eigenvalue weighted by molar-refractivity contribution is 5.95. The summed E-state index contributed by atoms with van der Waals surface area (Å²) in [7, 11) is 0. The summed E-state index contributed by atoms with van der Waals surface area (Å²) in [4.78, 5) is 23.7. The summed E-state index contributed by atoms with van der Waals surface area (Å²) < 4.78 is 0. The topological polar surface area (TPSA) is 58.2 Å². The first-order chi connectivity index (χ1) is 11.2. The largest absolute Gasteiger partial charge is 0.351 e. The second-order valence-corrected chi connectivity index (χ2v) is 5.11. The maximum atomic E-state index is 12.0. The zero-order valence-electron chi connectivity index (χ0n) is 13.1. The van der Waals surface area contributed by atoms with Gasteiger partial charge in [0.05, 0.1) is 0 Å². The number of hydrogen-bond donors (Lipinski definition) is 2. The normalized spacial score (nSPS) is 10.5. The second kappa shape index (κ2) is 8.54. The third-order valence-corrected chi connectivity index (χ3v) is 3.33. The molecule has 2 aromatic carbocycles. The van der Waals surface area contributed by atoms with Crippen molar-refractivity contribution in [1.82, 2.24) is 10.6 Å². The molecule has 2 aromatic rings. The molecule has 0 aliphatic heterocycles. The average Bonchev–Trinajstić information content (AvgIpc) is 2.58. The van der Waals surface area contributed by atoms with Crippen molar-refractivity contribution in [2.45, 2.75) is 6.92 Å². The van der Waals surface area contributed by atoms with Gasteiger partial charge in [0.1, 0.15) is 0 Å². The number of nitrogens with one attached hydrogen (secondary N) is 2. The van der Waals surface area contributed by atoms with E-state index in [1.54, 1.807) is 12.1 Å². The molecule has 0 atom stereocenters. The van der Waals surface area contributed by atoms with Crippen LogP contribution in [0.3, 0.4) is 0 Å². The maximum absolute atomic E-state index is 12.0. The Bertz CT molecular complexity index is 694. The minimum Gasteiger partial charge on any atom is -0.351 e. The highest BCUT2D eigenvalue weighted by Crippen LogP contribution is 2.06. The van der Waals surface area contributed by atoms with Crippen LogP contribution in [0.5, 0.6) is 0 Å². The van der Waals surface area contributed by atoms with Gasteiger partial charge < -0.3 is 10.6 Å². The third kappa shape index (κ3) is 5.43. The van der Waals surface area contributed by atoms with Crippen LogP contribution in [0.4, 0.5) is 0 Å². The third-order valence-electron chi connectivity index (χ3n) is 3.33. The smallest absolute Gasteiger partial charge is 0.251 e. The standard InChI is InChI=1S/C19H20N2O2/c1-15-7-5-6-10-17(15)19(23)21-14-13-20-18(22)12-11-16-8-3-2-4-9-16/h2-12H,13-14H2,1H3,(H,20,22)(H,21,23)/b12-11+. The Morgan fingerprint density at radius 3 is 2.30 bits per heavy atom. The molecule has 0 spiro atoms. The van der Waals surface area contributed by atoms with Gasteiger partial charge in [-0.2, -0.15) is 0 Å². The number of amides is 2. The first-order valence-electron chi connectivity index (χ1n) is 7.51. The van der Waals surface area contributed by atoms with Gasteiger partial charge in [0.25, 0.3) is 5.91 Å². The quantitative estimate of drug-likeness (QED) is 0.636. The van der Waals surface area contributed by atoms with Crippen LogP contribution in [-0.4, -0.2) is 24.9 Å². The van der Waals surface area contributed by atoms with Crippen LogP contribution in [-0.2, 0) is 4.79 Å². The van der Waals surface area contributed by atoms with Gasteiger partial charge in [-0.1, -0.05) is 48.5 Å². The maximum Gasteiger partial charge on any atom is 0.251 e. The van der Waals surface area contributed by atoms with Crippen molar-refractivity contribution in [2.75, 3.05) is 13.1 Å². The van der Waals surface area contributed by atoms with Gasteiger partial charge in [-0.25, -0.2) is 0 Å². The van der Waals surface area contributed by atoms with Crippen LogP contribution in [0.15, 0.2) is 60.7 Å². The Morgan fingerprint density at radius 2 is 1.57 bits per heavy atom. The van der Waals surface area contributed by atoms with E-state index in [0.29, 0.717) is 18.7 Å². The summed E-state index contributed by atoms with van der Waals surface area (Å²) in [6.07, 6.45) is 3.24. The second-order valence-electron chi connectivity index (χ2n) is 5.11. The van der Waals surface area contributed by atoms with Crippen LogP contribution in [0, 0.1) is 6.92 Å². The van der Waals surface area contributed by atoms with E-state index in [1.807, 2.05) is 55.5 Å². The molecule has 23 heavy (non-hydrogen) atoms. The van der Waals surface area contributed by atoms with Crippen molar-refractivity contribution in [1.29, 1.82) is 0 Å². The summed E-state index contributed by atoms with van der Waals surface area (Å²) in [5.41, 5.74) is 2.55. The van der Waals surface area contributed by atoms with E-state index in [9.17, 15) is 9.59 Å². The molecule has 0 aromatic heterocycles. The van der Waals surface area contributed by atoms with Crippen molar-refractivity contribution in [2.24, 2.45) is 0 Å². The summed E-state index contributed by atoms with van der Waals surface area (Å²) in [6.45, 7) is 2.67. The lowest BCUT2D eigenvalue weighted by Crippen LogP contribution is -2.34. The lowest BCUT2D eigenvalue weighted by atomic mass is 10.1. The van der Waals surface area contributed by atoms with E-state index in [2.05, 4.69) is 10.6 Å². The summed E-state index contributed by atoms with van der Waals surface area (Å²) in [5, 5.41) is 5.53. The molecule has 4 nitrogen and oxygen atoms in total. The zero-order valence-corrected chi connectivity index (χ0v) is 13.1. The molecule has 0 fully saturated rings. The van der Waals surface area contributed by atoms with Crippen LogP contribution in [0.2, 0.25) is 0 Å². The van der Waals surface area contributed by atoms with Gasteiger partial charge in [-0.05, 0) is 30.2 Å². The highest BCUT2D eigenvalue weighted by Gasteiger charge is 2.06. The molecule has 0 saturated carbocycles. The Kier molecular flexibility index (Phi) is 6.12. The highest BCUT2D eigenvalue weighted by atomic mass is 16.2. The van der Waals surface area contributed by atoms with E-state index in [1.165, 1.54) is 6.08 Å². The Balaban J connectivity index is 1.71. The van der Waals surface area contributed by atoms with Crippen molar-refractivity contribution < 1.29 is 9.59 Å². The van der Waals surface area contributed by atoms with Crippen LogP contribution >= 0.6 is 0 Å². The molecule has 0 bridgehead atoms. The number of carbonyl (C=O) groups excluding carboxylic acids is 2. The van der Waals surface area contributed by atoms with E-state index < -0.39 is 0 Å². The fourth-order valence-corrected chi connectivity index (χ4v) is 2.08. The van der Waals surface area contributed by atoms with Crippen LogP contribution in [0.1, 0.15) is 21.5 Å². The monoisotopic (exact) mass is 308 g/mol. The SMILES string of the molecule is Cc1ccccc1C(=O)NCCNC(=O)/C=C/c1ccccc1. The predicted molar refractivity (Wildman–Crippen MR) is 92.0 cm³/mol. The first-order valence-corrected chi connectivity index (χ1v) is 7.51. The lowest BCUT2D eigenvalue weighted by molar-refractivity contribution is -0.116. The summed E-state index contributed by atoms with van der Waals surface area (Å²) >= 11 is 0. The molecular weight excluding hydrogens is 288 g/mol. The number of aryl methyl sites for hydroxylation is 1. The lowest BCUT2D eigenvalue weighted by Gasteiger charge is -2.07. The summed E-state index contributed by atoms with van der Waals surface area (Å²) in [5.74, 6) is -0.309. The molecule has 0 aliphatic rings. The number of benzene rings is 2. The molecule has 118 valence electrons. The van der Waals surface area contributed by atoms with Crippen LogP contribution < -0.4 is 10.6 Å². The molecule has 0 aliphatic carbocycles. The molecule has 2 rings (SSSR count). The fraction of sp³-hybridized carbons (Fsp3) is 0.158. The minimum atomic E-state index is -0.181. The van der Waals surface area contributed by atoms with Crippen molar-refractivity contribution in [3.63, 3.8) is 0 Å². The predicted octanol–water partition coefficient (Wildman–Crippen LogP) is 2.55. The van der Waals surface area contributed by atoms with Gasteiger partial charge in [0, 0.05) is 24.7 Å². The van der Waals surface area contributed by atoms with E-state index in [0.717, 1.165) is 11.1 Å². The van der Waals surface area contributed by atoms with E-state index >= 15 is 0 Å². The van der Waals surface area contributed by atoms with E-state index in [-0.39, 0.29) is 11.8 Å². The van der Waals surface area contributed by atoms with Crippen LogP contribution in [0.25, 0.3) is 6.08 Å². The molecule has 0 heterocycles. The number of carbonyl (C=O) groups is 2. The molecule has 2 amide bonds. The first kappa shape index (κ1) is 16.5. The van der Waals surface area contributed by atoms with Crippen molar-refractivity contribution >= 4 is 17.9 Å². The zero-order chi connectivity index (χ0) is 16.5. The van der Waals surface area contributed by atoms with E-state index in [4.69, 9.17) is 0 Å². The summed E-state index contributed by atoms with van der Waals surface area (Å²) in [6, 6.07) is 17.0. The average molecular weight is 308 g/mol. The fourth-order valence-electron chi connectivity index (χ4n) is 2.08. The Morgan fingerprint density at radius 1 is 0.913 bits per heavy atom. The van der Waals surface area contributed by atoms with Gasteiger partial charge in [0.15, 0.2) is 0 Å². The number of rotatable bonds is 6. The minimum absolute atomic E-state index is 0.128. The molecule has 0 radical (unpaired) electrons. The van der Waals surface area contributed by atoms with Gasteiger partial charge in [0.2, 0.25) is 5.91 Å². The molecule has 4 heteroatoms. The molecule has 0 unspecified atom stereocenters. The van der Waals surface area contributed by atoms with Crippen molar-refractivity contribution in [3.05, 3.63) is 77.4 Å². The molecule has 2 N–H and O–H groups in total. The Hall–Kier alpha value is -2.88. The van der Waals surface area contributed by atoms with Gasteiger partial charge in [-0.15, -0.1) is 0 Å².